The summed E-state index contributed by atoms with van der Waals surface area (Å²) in [5.41, 5.74) is 0.0466. The van der Waals surface area contributed by atoms with E-state index in [1.54, 1.807) is 0 Å². The quantitative estimate of drug-likeness (QED) is 0.815. The predicted molar refractivity (Wildman–Crippen MR) is 78.2 cm³/mol. The van der Waals surface area contributed by atoms with Gasteiger partial charge in [-0.05, 0) is 46.5 Å². The Morgan fingerprint density at radius 3 is 2.60 bits per heavy atom. The average molecular weight is 362 g/mol. The van der Waals surface area contributed by atoms with Gasteiger partial charge in [0.05, 0.1) is 10.5 Å². The van der Waals surface area contributed by atoms with E-state index in [9.17, 15) is 13.2 Å². The minimum atomic E-state index is -3.60. The van der Waals surface area contributed by atoms with Crippen LogP contribution in [-0.2, 0) is 10.0 Å². The van der Waals surface area contributed by atoms with E-state index in [4.69, 9.17) is 5.11 Å². The average Bonchev–Trinajstić information content (AvgIpc) is 2.31. The third-order valence-electron chi connectivity index (χ3n) is 3.54. The van der Waals surface area contributed by atoms with E-state index in [-0.39, 0.29) is 14.9 Å². The number of hydrogen-bond acceptors (Lipinski definition) is 3. The summed E-state index contributed by atoms with van der Waals surface area (Å²) in [4.78, 5) is 10.9. The molecule has 0 unspecified atom stereocenters. The van der Waals surface area contributed by atoms with Gasteiger partial charge in [0.25, 0.3) is 0 Å². The van der Waals surface area contributed by atoms with Gasteiger partial charge in [-0.2, -0.15) is 0 Å². The Balaban J connectivity index is 2.06. The van der Waals surface area contributed by atoms with Crippen LogP contribution >= 0.6 is 15.9 Å². The number of nitrogens with one attached hydrogen (secondary N) is 1. The zero-order chi connectivity index (χ0) is 14.8. The highest BCUT2D eigenvalue weighted by Crippen LogP contribution is 2.29. The van der Waals surface area contributed by atoms with Gasteiger partial charge in [0.1, 0.15) is 0 Å². The molecule has 1 aliphatic rings. The van der Waals surface area contributed by atoms with Crippen LogP contribution in [0.1, 0.15) is 36.0 Å². The van der Waals surface area contributed by atoms with Crippen molar-refractivity contribution in [3.05, 3.63) is 28.2 Å². The van der Waals surface area contributed by atoms with E-state index in [2.05, 4.69) is 20.7 Å². The molecular formula is C13H16BrNO4S. The molecule has 2 N–H and O–H groups in total. The largest absolute Gasteiger partial charge is 0.478 e. The van der Waals surface area contributed by atoms with Gasteiger partial charge in [-0.1, -0.05) is 19.3 Å². The first-order valence-electron chi connectivity index (χ1n) is 6.42. The zero-order valence-corrected chi connectivity index (χ0v) is 13.2. The normalized spacial score (nSPS) is 15.8. The van der Waals surface area contributed by atoms with Gasteiger partial charge in [-0.25, -0.2) is 17.9 Å². The fourth-order valence-electron chi connectivity index (χ4n) is 2.11. The van der Waals surface area contributed by atoms with Gasteiger partial charge in [0.2, 0.25) is 10.0 Å². The predicted octanol–water partition coefficient (Wildman–Crippen LogP) is 2.62. The van der Waals surface area contributed by atoms with Crippen molar-refractivity contribution in [1.82, 2.24) is 4.72 Å². The summed E-state index contributed by atoms with van der Waals surface area (Å²) in [7, 11) is -3.60. The summed E-state index contributed by atoms with van der Waals surface area (Å²) in [5, 5.41) is 8.85. The molecule has 0 aromatic heterocycles. The molecule has 1 aromatic carbocycles. The summed E-state index contributed by atoms with van der Waals surface area (Å²) in [6.07, 6.45) is 4.45. The molecule has 20 heavy (non-hydrogen) atoms. The van der Waals surface area contributed by atoms with Crippen molar-refractivity contribution in [3.63, 3.8) is 0 Å². The van der Waals surface area contributed by atoms with Crippen LogP contribution in [-0.4, -0.2) is 26.0 Å². The Hall–Kier alpha value is -0.920. The van der Waals surface area contributed by atoms with Crippen molar-refractivity contribution >= 4 is 31.9 Å². The lowest BCUT2D eigenvalue weighted by atomic mass is 9.83. The van der Waals surface area contributed by atoms with E-state index in [0.717, 1.165) is 6.42 Å². The molecule has 1 fully saturated rings. The summed E-state index contributed by atoms with van der Waals surface area (Å²) in [6.45, 7) is 0.417. The minimum absolute atomic E-state index is 0.0466. The summed E-state index contributed by atoms with van der Waals surface area (Å²) >= 11 is 3.11. The first kappa shape index (κ1) is 15.5. The smallest absolute Gasteiger partial charge is 0.335 e. The van der Waals surface area contributed by atoms with Gasteiger partial charge in [-0.15, -0.1) is 0 Å². The molecule has 1 saturated carbocycles. The SMILES string of the molecule is O=C(O)c1ccc(S(=O)(=O)NCCC2CCC2)c(Br)c1. The highest BCUT2D eigenvalue weighted by Gasteiger charge is 2.21. The number of rotatable bonds is 6. The Morgan fingerprint density at radius 2 is 2.10 bits per heavy atom. The van der Waals surface area contributed by atoms with E-state index in [0.29, 0.717) is 12.5 Å². The molecule has 0 aliphatic heterocycles. The standard InChI is InChI=1S/C13H16BrNO4S/c14-11-8-10(13(16)17)4-5-12(11)20(18,19)15-7-6-9-2-1-3-9/h4-5,8-9,15H,1-3,6-7H2,(H,16,17). The molecule has 5 nitrogen and oxygen atoms in total. The molecule has 2 rings (SSSR count). The van der Waals surface area contributed by atoms with Crippen molar-refractivity contribution in [2.75, 3.05) is 6.54 Å². The second-order valence-corrected chi connectivity index (χ2v) is 7.52. The van der Waals surface area contributed by atoms with Crippen molar-refractivity contribution < 1.29 is 18.3 Å². The summed E-state index contributed by atoms with van der Waals surface area (Å²) < 4.78 is 27.1. The first-order chi connectivity index (χ1) is 9.40. The molecule has 110 valence electrons. The molecule has 0 bridgehead atoms. The molecule has 0 atom stereocenters. The first-order valence-corrected chi connectivity index (χ1v) is 8.70. The number of hydrogen-bond donors (Lipinski definition) is 2. The molecule has 0 spiro atoms. The van der Waals surface area contributed by atoms with Crippen molar-refractivity contribution in [3.8, 4) is 0 Å². The van der Waals surface area contributed by atoms with Crippen LogP contribution in [0.2, 0.25) is 0 Å². The monoisotopic (exact) mass is 361 g/mol. The topological polar surface area (TPSA) is 83.5 Å². The number of carbonyl (C=O) groups is 1. The lowest BCUT2D eigenvalue weighted by Crippen LogP contribution is -2.27. The minimum Gasteiger partial charge on any atom is -0.478 e. The van der Waals surface area contributed by atoms with Crippen LogP contribution in [0.4, 0.5) is 0 Å². The Bertz CT molecular complexity index is 611. The molecule has 0 saturated heterocycles. The summed E-state index contributed by atoms with van der Waals surface area (Å²) in [5.74, 6) is -0.455. The third kappa shape index (κ3) is 3.59. The van der Waals surface area contributed by atoms with Gasteiger partial charge < -0.3 is 5.11 Å². The van der Waals surface area contributed by atoms with Crippen LogP contribution in [0.25, 0.3) is 0 Å². The highest BCUT2D eigenvalue weighted by molar-refractivity contribution is 9.10. The van der Waals surface area contributed by atoms with E-state index in [1.807, 2.05) is 0 Å². The lowest BCUT2D eigenvalue weighted by molar-refractivity contribution is 0.0696. The fourth-order valence-corrected chi connectivity index (χ4v) is 4.23. The van der Waals surface area contributed by atoms with Gasteiger partial charge in [0.15, 0.2) is 0 Å². The molecule has 1 aliphatic carbocycles. The molecule has 1 aromatic rings. The molecule has 0 amide bonds. The Kier molecular flexibility index (Phi) is 4.82. The van der Waals surface area contributed by atoms with E-state index >= 15 is 0 Å². The molecule has 0 heterocycles. The van der Waals surface area contributed by atoms with Crippen LogP contribution < -0.4 is 4.72 Å². The number of aromatic carboxylic acids is 1. The maximum atomic E-state index is 12.1. The number of benzene rings is 1. The lowest BCUT2D eigenvalue weighted by Gasteiger charge is -2.25. The number of carboxylic acid groups (broad SMARTS) is 1. The maximum absolute atomic E-state index is 12.1. The maximum Gasteiger partial charge on any atom is 0.335 e. The van der Waals surface area contributed by atoms with E-state index < -0.39 is 16.0 Å². The fraction of sp³-hybridized carbons (Fsp3) is 0.462. The van der Waals surface area contributed by atoms with Crippen LogP contribution in [0.5, 0.6) is 0 Å². The molecule has 7 heteroatoms. The zero-order valence-electron chi connectivity index (χ0n) is 10.8. The molecule has 0 radical (unpaired) electrons. The Labute approximate surface area is 126 Å². The molecular weight excluding hydrogens is 346 g/mol. The van der Waals surface area contributed by atoms with Crippen molar-refractivity contribution in [2.24, 2.45) is 5.92 Å². The highest BCUT2D eigenvalue weighted by atomic mass is 79.9. The number of carboxylic acids is 1. The van der Waals surface area contributed by atoms with Crippen molar-refractivity contribution in [2.45, 2.75) is 30.6 Å². The second-order valence-electron chi connectivity index (χ2n) is 4.93. The van der Waals surface area contributed by atoms with Crippen molar-refractivity contribution in [1.29, 1.82) is 0 Å². The summed E-state index contributed by atoms with van der Waals surface area (Å²) in [6, 6.07) is 3.88. The van der Waals surface area contributed by atoms with Crippen LogP contribution in [0.15, 0.2) is 27.6 Å². The number of halogens is 1. The number of sulfonamides is 1. The third-order valence-corrected chi connectivity index (χ3v) is 5.98. The Morgan fingerprint density at radius 1 is 1.40 bits per heavy atom. The van der Waals surface area contributed by atoms with Crippen LogP contribution in [0, 0.1) is 5.92 Å². The van der Waals surface area contributed by atoms with E-state index in [1.165, 1.54) is 37.5 Å². The second kappa shape index (κ2) is 6.24. The van der Waals surface area contributed by atoms with Gasteiger partial charge in [0, 0.05) is 11.0 Å². The van der Waals surface area contributed by atoms with Crippen LogP contribution in [0.3, 0.4) is 0 Å². The van der Waals surface area contributed by atoms with Gasteiger partial charge in [-0.3, -0.25) is 0 Å². The van der Waals surface area contributed by atoms with Gasteiger partial charge >= 0.3 is 5.97 Å².